The number of fused-ring (bicyclic) bond motifs is 1. The summed E-state index contributed by atoms with van der Waals surface area (Å²) < 4.78 is 0. The molecule has 0 amide bonds. The van der Waals surface area contributed by atoms with Crippen LogP contribution in [0.4, 0.5) is 11.5 Å². The van der Waals surface area contributed by atoms with Gasteiger partial charge in [-0.1, -0.05) is 18.2 Å². The van der Waals surface area contributed by atoms with E-state index >= 15 is 0 Å². The maximum Gasteiger partial charge on any atom is 0.133 e. The zero-order chi connectivity index (χ0) is 12.5. The molecule has 1 N–H and O–H groups in total. The highest BCUT2D eigenvalue weighted by molar-refractivity contribution is 5.67. The van der Waals surface area contributed by atoms with Gasteiger partial charge in [0.1, 0.15) is 5.82 Å². The van der Waals surface area contributed by atoms with Gasteiger partial charge < -0.3 is 10.0 Å². The first-order valence-corrected chi connectivity index (χ1v) is 6.25. The summed E-state index contributed by atoms with van der Waals surface area (Å²) in [5.41, 5.74) is 3.50. The van der Waals surface area contributed by atoms with Crippen LogP contribution in [0.15, 0.2) is 42.6 Å². The fourth-order valence-electron chi connectivity index (χ4n) is 2.42. The van der Waals surface area contributed by atoms with Gasteiger partial charge in [0.2, 0.25) is 0 Å². The van der Waals surface area contributed by atoms with Crippen molar-refractivity contribution in [2.45, 2.75) is 19.4 Å². The van der Waals surface area contributed by atoms with Gasteiger partial charge in [-0.2, -0.15) is 0 Å². The maximum absolute atomic E-state index is 9.64. The summed E-state index contributed by atoms with van der Waals surface area (Å²) in [4.78, 5) is 6.63. The van der Waals surface area contributed by atoms with Gasteiger partial charge in [-0.05, 0) is 42.7 Å². The van der Waals surface area contributed by atoms with Crippen LogP contribution in [-0.4, -0.2) is 16.6 Å². The van der Waals surface area contributed by atoms with Crippen LogP contribution in [0.1, 0.15) is 24.2 Å². The fourth-order valence-corrected chi connectivity index (χ4v) is 2.42. The molecular weight excluding hydrogens is 224 g/mol. The summed E-state index contributed by atoms with van der Waals surface area (Å²) in [7, 11) is 0. The Morgan fingerprint density at radius 3 is 2.94 bits per heavy atom. The predicted molar refractivity (Wildman–Crippen MR) is 72.0 cm³/mol. The number of aromatic nitrogens is 1. The molecule has 1 atom stereocenters. The number of aliphatic hydroxyl groups is 1. The van der Waals surface area contributed by atoms with Crippen molar-refractivity contribution in [3.05, 3.63) is 53.7 Å². The molecule has 1 aromatic carbocycles. The summed E-state index contributed by atoms with van der Waals surface area (Å²) in [5, 5.41) is 9.64. The average Bonchev–Trinajstić information content (AvgIpc) is 2.82. The molecule has 3 heteroatoms. The number of rotatable bonds is 2. The second kappa shape index (κ2) is 4.42. The molecule has 3 rings (SSSR count). The Kier molecular flexibility index (Phi) is 2.76. The summed E-state index contributed by atoms with van der Waals surface area (Å²) in [6, 6.07) is 12.2. The Balaban J connectivity index is 2.00. The molecule has 0 fully saturated rings. The van der Waals surface area contributed by atoms with Gasteiger partial charge in [-0.25, -0.2) is 4.98 Å². The lowest BCUT2D eigenvalue weighted by Crippen LogP contribution is -2.15. The van der Waals surface area contributed by atoms with Crippen LogP contribution in [0, 0.1) is 0 Å². The van der Waals surface area contributed by atoms with Crippen molar-refractivity contribution in [2.24, 2.45) is 0 Å². The van der Waals surface area contributed by atoms with Crippen LogP contribution < -0.4 is 4.90 Å². The van der Waals surface area contributed by atoms with Gasteiger partial charge in [-0.15, -0.1) is 0 Å². The monoisotopic (exact) mass is 240 g/mol. The van der Waals surface area contributed by atoms with E-state index in [2.05, 4.69) is 34.1 Å². The van der Waals surface area contributed by atoms with Crippen molar-refractivity contribution in [1.82, 2.24) is 4.98 Å². The molecule has 1 aromatic heterocycles. The Morgan fingerprint density at radius 1 is 1.28 bits per heavy atom. The lowest BCUT2D eigenvalue weighted by Gasteiger charge is -2.19. The summed E-state index contributed by atoms with van der Waals surface area (Å²) in [6.45, 7) is 2.73. The minimum Gasteiger partial charge on any atom is -0.389 e. The largest absolute Gasteiger partial charge is 0.389 e. The lowest BCUT2D eigenvalue weighted by atomic mass is 10.1. The summed E-state index contributed by atoms with van der Waals surface area (Å²) >= 11 is 0. The molecule has 0 saturated heterocycles. The summed E-state index contributed by atoms with van der Waals surface area (Å²) in [6.07, 6.45) is 2.36. The van der Waals surface area contributed by atoms with E-state index in [0.29, 0.717) is 0 Å². The molecule has 0 saturated carbocycles. The van der Waals surface area contributed by atoms with Gasteiger partial charge >= 0.3 is 0 Å². The van der Waals surface area contributed by atoms with Crippen LogP contribution in [0.5, 0.6) is 0 Å². The number of para-hydroxylation sites is 1. The van der Waals surface area contributed by atoms with Crippen LogP contribution in [-0.2, 0) is 6.42 Å². The molecule has 0 unspecified atom stereocenters. The summed E-state index contributed by atoms with van der Waals surface area (Å²) in [5.74, 6) is 0.915. The molecule has 1 aliphatic rings. The minimum atomic E-state index is -0.454. The van der Waals surface area contributed by atoms with E-state index < -0.39 is 6.10 Å². The van der Waals surface area contributed by atoms with E-state index in [4.69, 9.17) is 0 Å². The molecule has 18 heavy (non-hydrogen) atoms. The second-order valence-electron chi connectivity index (χ2n) is 4.65. The zero-order valence-corrected chi connectivity index (χ0v) is 10.4. The van der Waals surface area contributed by atoms with Crippen LogP contribution >= 0.6 is 0 Å². The molecule has 0 bridgehead atoms. The Morgan fingerprint density at radius 2 is 2.11 bits per heavy atom. The molecular formula is C15H16N2O. The quantitative estimate of drug-likeness (QED) is 0.877. The molecule has 0 spiro atoms. The van der Waals surface area contributed by atoms with Gasteiger partial charge in [0.05, 0.1) is 6.10 Å². The van der Waals surface area contributed by atoms with Gasteiger partial charge in [-0.3, -0.25) is 0 Å². The maximum atomic E-state index is 9.64. The van der Waals surface area contributed by atoms with E-state index in [-0.39, 0.29) is 0 Å². The van der Waals surface area contributed by atoms with Crippen molar-refractivity contribution in [2.75, 3.05) is 11.4 Å². The molecule has 2 aromatic rings. The molecule has 0 aliphatic carbocycles. The first-order valence-electron chi connectivity index (χ1n) is 6.25. The number of pyridine rings is 1. The number of hydrogen-bond acceptors (Lipinski definition) is 3. The van der Waals surface area contributed by atoms with E-state index in [1.807, 2.05) is 12.1 Å². The lowest BCUT2D eigenvalue weighted by molar-refractivity contribution is 0.199. The Bertz CT molecular complexity index is 566. The number of aliphatic hydroxyl groups excluding tert-OH is 1. The third kappa shape index (κ3) is 1.87. The van der Waals surface area contributed by atoms with E-state index in [0.717, 1.165) is 24.3 Å². The third-order valence-corrected chi connectivity index (χ3v) is 3.42. The van der Waals surface area contributed by atoms with E-state index in [1.165, 1.54) is 11.3 Å². The smallest absolute Gasteiger partial charge is 0.133 e. The predicted octanol–water partition coefficient (Wildman–Crippen LogP) is 2.83. The molecule has 0 radical (unpaired) electrons. The highest BCUT2D eigenvalue weighted by atomic mass is 16.3. The molecule has 2 heterocycles. The highest BCUT2D eigenvalue weighted by Crippen LogP contribution is 2.33. The second-order valence-corrected chi connectivity index (χ2v) is 4.65. The molecule has 3 nitrogen and oxygen atoms in total. The number of hydrogen-bond donors (Lipinski definition) is 1. The standard InChI is InChI=1S/C15H16N2O/c1-11(18)13-6-8-16-15(10-13)17-9-7-12-4-2-3-5-14(12)17/h2-6,8,10-11,18H,7,9H2,1H3/t11-/m1/s1. The molecule has 1 aliphatic heterocycles. The third-order valence-electron chi connectivity index (χ3n) is 3.42. The zero-order valence-electron chi connectivity index (χ0n) is 10.4. The normalized spacial score (nSPS) is 15.6. The SMILES string of the molecule is C[C@@H](O)c1ccnc(N2CCc3ccccc32)c1. The number of benzene rings is 1. The van der Waals surface area contributed by atoms with Crippen LogP contribution in [0.25, 0.3) is 0 Å². The average molecular weight is 240 g/mol. The van der Waals surface area contributed by atoms with Gasteiger partial charge in [0.25, 0.3) is 0 Å². The Labute approximate surface area is 107 Å². The number of nitrogens with zero attached hydrogens (tertiary/aromatic N) is 2. The van der Waals surface area contributed by atoms with Crippen molar-refractivity contribution in [3.8, 4) is 0 Å². The van der Waals surface area contributed by atoms with Crippen LogP contribution in [0.2, 0.25) is 0 Å². The topological polar surface area (TPSA) is 36.4 Å². The van der Waals surface area contributed by atoms with Gasteiger partial charge in [0, 0.05) is 18.4 Å². The number of anilines is 2. The van der Waals surface area contributed by atoms with Crippen molar-refractivity contribution in [3.63, 3.8) is 0 Å². The first-order chi connectivity index (χ1) is 8.75. The fraction of sp³-hybridized carbons (Fsp3) is 0.267. The minimum absolute atomic E-state index is 0.454. The van der Waals surface area contributed by atoms with E-state index in [1.54, 1.807) is 13.1 Å². The Hall–Kier alpha value is -1.87. The highest BCUT2D eigenvalue weighted by Gasteiger charge is 2.20. The molecule has 92 valence electrons. The van der Waals surface area contributed by atoms with Crippen LogP contribution in [0.3, 0.4) is 0 Å². The van der Waals surface area contributed by atoms with E-state index in [9.17, 15) is 5.11 Å². The van der Waals surface area contributed by atoms with Crippen molar-refractivity contribution >= 4 is 11.5 Å². The van der Waals surface area contributed by atoms with Crippen molar-refractivity contribution in [1.29, 1.82) is 0 Å². The van der Waals surface area contributed by atoms with Gasteiger partial charge in [0.15, 0.2) is 0 Å². The van der Waals surface area contributed by atoms with Crippen molar-refractivity contribution < 1.29 is 5.11 Å². The first kappa shape index (κ1) is 11.2.